The Labute approximate surface area is 99.5 Å². The van der Waals surface area contributed by atoms with Crippen LogP contribution in [0, 0.1) is 20.2 Å². The second kappa shape index (κ2) is 5.63. The van der Waals surface area contributed by atoms with Crippen LogP contribution in [0.15, 0.2) is 30.3 Å². The summed E-state index contributed by atoms with van der Waals surface area (Å²) in [5.41, 5.74) is 0. The summed E-state index contributed by atoms with van der Waals surface area (Å²) in [5.74, 6) is -2.90. The van der Waals surface area contributed by atoms with Gasteiger partial charge in [0.05, 0.1) is 0 Å². The van der Waals surface area contributed by atoms with Gasteiger partial charge in [-0.15, -0.1) is 20.2 Å². The molecule has 0 fully saturated rings. The highest BCUT2D eigenvalue weighted by Crippen LogP contribution is 2.18. The lowest BCUT2D eigenvalue weighted by Crippen LogP contribution is -2.46. The van der Waals surface area contributed by atoms with Gasteiger partial charge in [-0.05, 0) is 12.1 Å². The molecule has 0 aliphatic heterocycles. The molecule has 98 valence electrons. The van der Waals surface area contributed by atoms with Crippen molar-refractivity contribution in [3.05, 3.63) is 50.6 Å². The van der Waals surface area contributed by atoms with Crippen LogP contribution in [0.1, 0.15) is 0 Å². The fourth-order valence-corrected chi connectivity index (χ4v) is 0.998. The van der Waals surface area contributed by atoms with E-state index >= 15 is 0 Å². The summed E-state index contributed by atoms with van der Waals surface area (Å²) >= 11 is 0. The molecule has 0 saturated carbocycles. The van der Waals surface area contributed by atoms with E-state index in [4.69, 9.17) is 4.74 Å². The SMILES string of the molecule is O=[N+]([O-])OCC(O)(Oc1ccccc1)O[N+](=O)[O-]. The van der Waals surface area contributed by atoms with Crippen molar-refractivity contribution in [2.24, 2.45) is 0 Å². The van der Waals surface area contributed by atoms with Gasteiger partial charge in [-0.1, -0.05) is 18.2 Å². The number of rotatable bonds is 7. The topological polar surface area (TPSA) is 134 Å². The summed E-state index contributed by atoms with van der Waals surface area (Å²) in [4.78, 5) is 27.8. The highest BCUT2D eigenvalue weighted by molar-refractivity contribution is 5.21. The van der Waals surface area contributed by atoms with Crippen LogP contribution in [-0.4, -0.2) is 27.9 Å². The number of nitrogens with zero attached hydrogens (tertiary/aromatic N) is 2. The van der Waals surface area contributed by atoms with Crippen LogP contribution >= 0.6 is 0 Å². The van der Waals surface area contributed by atoms with Crippen LogP contribution in [0.25, 0.3) is 0 Å². The monoisotopic (exact) mass is 260 g/mol. The Bertz CT molecular complexity index is 424. The van der Waals surface area contributed by atoms with Crippen LogP contribution < -0.4 is 4.74 Å². The molecule has 0 aliphatic carbocycles. The maximum Gasteiger partial charge on any atom is 0.387 e. The van der Waals surface area contributed by atoms with Gasteiger partial charge in [-0.25, -0.2) is 4.84 Å². The summed E-state index contributed by atoms with van der Waals surface area (Å²) in [6.07, 6.45) is 0. The van der Waals surface area contributed by atoms with Gasteiger partial charge in [0.2, 0.25) is 0 Å². The summed E-state index contributed by atoms with van der Waals surface area (Å²) in [6, 6.07) is 7.40. The minimum absolute atomic E-state index is 0.00815. The van der Waals surface area contributed by atoms with Gasteiger partial charge in [0.1, 0.15) is 5.75 Å². The van der Waals surface area contributed by atoms with Crippen molar-refractivity contribution in [1.29, 1.82) is 0 Å². The van der Waals surface area contributed by atoms with E-state index in [1.807, 2.05) is 0 Å². The van der Waals surface area contributed by atoms with E-state index in [0.717, 1.165) is 0 Å². The van der Waals surface area contributed by atoms with E-state index in [1.54, 1.807) is 6.07 Å². The zero-order chi connectivity index (χ0) is 13.6. The minimum atomic E-state index is -2.90. The first-order chi connectivity index (χ1) is 8.41. The van der Waals surface area contributed by atoms with Crippen molar-refractivity contribution in [2.75, 3.05) is 6.61 Å². The summed E-state index contributed by atoms with van der Waals surface area (Å²) in [7, 11) is 0. The number of ether oxygens (including phenoxy) is 1. The van der Waals surface area contributed by atoms with Crippen molar-refractivity contribution in [3.63, 3.8) is 0 Å². The average Bonchev–Trinajstić information content (AvgIpc) is 2.27. The zero-order valence-electron chi connectivity index (χ0n) is 8.79. The van der Waals surface area contributed by atoms with E-state index in [0.29, 0.717) is 0 Å². The van der Waals surface area contributed by atoms with E-state index in [-0.39, 0.29) is 5.75 Å². The number of hydrogen-bond donors (Lipinski definition) is 1. The molecule has 1 N–H and O–H groups in total. The van der Waals surface area contributed by atoms with E-state index in [2.05, 4.69) is 9.68 Å². The van der Waals surface area contributed by atoms with Crippen LogP contribution in [0.2, 0.25) is 0 Å². The van der Waals surface area contributed by atoms with Gasteiger partial charge in [0.25, 0.3) is 5.09 Å². The standard InChI is InChI=1S/C8H8N2O8/c11-8(18-10(14)15,6-16-9(12)13)17-7-4-2-1-3-5-7/h1-5,11H,6H2. The van der Waals surface area contributed by atoms with Crippen LogP contribution in [0.3, 0.4) is 0 Å². The molecular weight excluding hydrogens is 252 g/mol. The molecule has 1 rings (SSSR count). The lowest BCUT2D eigenvalue weighted by molar-refractivity contribution is -0.828. The van der Waals surface area contributed by atoms with Gasteiger partial charge in [0, 0.05) is 0 Å². The zero-order valence-corrected chi connectivity index (χ0v) is 8.79. The maximum atomic E-state index is 10.2. The molecule has 18 heavy (non-hydrogen) atoms. The van der Waals surface area contributed by atoms with Gasteiger partial charge >= 0.3 is 11.1 Å². The Morgan fingerprint density at radius 1 is 1.17 bits per heavy atom. The van der Waals surface area contributed by atoms with Gasteiger partial charge < -0.3 is 14.7 Å². The minimum Gasteiger partial charge on any atom is -0.439 e. The Morgan fingerprint density at radius 2 is 1.78 bits per heavy atom. The molecule has 0 bridgehead atoms. The number of benzene rings is 1. The smallest absolute Gasteiger partial charge is 0.387 e. The molecule has 10 heteroatoms. The predicted molar refractivity (Wildman–Crippen MR) is 53.0 cm³/mol. The number of aliphatic hydroxyl groups is 1. The molecule has 1 aromatic carbocycles. The third-order valence-corrected chi connectivity index (χ3v) is 1.59. The fraction of sp³-hybridized carbons (Fsp3) is 0.250. The molecule has 0 spiro atoms. The third-order valence-electron chi connectivity index (χ3n) is 1.59. The second-order valence-corrected chi connectivity index (χ2v) is 2.94. The summed E-state index contributed by atoms with van der Waals surface area (Å²) in [6.45, 7) is -1.18. The average molecular weight is 260 g/mol. The Hall–Kier alpha value is -2.62. The van der Waals surface area contributed by atoms with Crippen molar-refractivity contribution in [3.8, 4) is 5.75 Å². The van der Waals surface area contributed by atoms with E-state index < -0.39 is 22.8 Å². The molecule has 0 amide bonds. The fourth-order valence-electron chi connectivity index (χ4n) is 0.998. The normalized spacial score (nSPS) is 13.2. The van der Waals surface area contributed by atoms with Gasteiger partial charge in [0.15, 0.2) is 6.61 Å². The first kappa shape index (κ1) is 13.4. The number of hydrogen-bond acceptors (Lipinski definition) is 8. The molecule has 10 nitrogen and oxygen atoms in total. The molecule has 1 unspecified atom stereocenters. The lowest BCUT2D eigenvalue weighted by Gasteiger charge is -2.24. The van der Waals surface area contributed by atoms with E-state index in [1.165, 1.54) is 24.3 Å². The largest absolute Gasteiger partial charge is 0.439 e. The molecule has 0 radical (unpaired) electrons. The van der Waals surface area contributed by atoms with Crippen molar-refractivity contribution < 1.29 is 29.7 Å². The Balaban J connectivity index is 2.76. The van der Waals surface area contributed by atoms with Crippen molar-refractivity contribution in [1.82, 2.24) is 0 Å². The molecule has 0 aliphatic rings. The Morgan fingerprint density at radius 3 is 2.28 bits per heavy atom. The Kier molecular flexibility index (Phi) is 4.21. The molecule has 1 atom stereocenters. The molecule has 0 heterocycles. The third kappa shape index (κ3) is 4.49. The first-order valence-electron chi connectivity index (χ1n) is 4.48. The van der Waals surface area contributed by atoms with Crippen molar-refractivity contribution in [2.45, 2.75) is 5.97 Å². The highest BCUT2D eigenvalue weighted by Gasteiger charge is 2.36. The predicted octanol–water partition coefficient (Wildman–Crippen LogP) is 0.128. The molecule has 1 aromatic rings. The van der Waals surface area contributed by atoms with E-state index in [9.17, 15) is 25.3 Å². The lowest BCUT2D eigenvalue weighted by atomic mass is 10.3. The maximum absolute atomic E-state index is 10.2. The van der Waals surface area contributed by atoms with Crippen LogP contribution in [0.4, 0.5) is 0 Å². The van der Waals surface area contributed by atoms with Crippen LogP contribution in [-0.2, 0) is 9.68 Å². The summed E-state index contributed by atoms with van der Waals surface area (Å²) < 4.78 is 4.73. The second-order valence-electron chi connectivity index (χ2n) is 2.94. The van der Waals surface area contributed by atoms with Crippen LogP contribution in [0.5, 0.6) is 5.75 Å². The number of para-hydroxylation sites is 1. The molecule has 0 aromatic heterocycles. The van der Waals surface area contributed by atoms with Gasteiger partial charge in [-0.3, -0.25) is 0 Å². The highest BCUT2D eigenvalue weighted by atomic mass is 17.0. The molecular formula is C8H8N2O8. The van der Waals surface area contributed by atoms with Crippen molar-refractivity contribution >= 4 is 0 Å². The summed E-state index contributed by atoms with van der Waals surface area (Å²) in [5, 5.41) is 27.1. The quantitative estimate of drug-likeness (QED) is 0.415. The molecule has 0 saturated heterocycles. The first-order valence-corrected chi connectivity index (χ1v) is 4.48. The van der Waals surface area contributed by atoms with Gasteiger partial charge in [-0.2, -0.15) is 0 Å².